The minimum atomic E-state index is -0.836. The lowest BCUT2D eigenvalue weighted by Crippen LogP contribution is -2.43. The lowest BCUT2D eigenvalue weighted by Gasteiger charge is -2.26. The molecule has 0 saturated heterocycles. The Balaban J connectivity index is 1.95. The van der Waals surface area contributed by atoms with Gasteiger partial charge in [0.15, 0.2) is 0 Å². The van der Waals surface area contributed by atoms with Crippen LogP contribution in [0.1, 0.15) is 40.0 Å². The number of carbonyl (C=O) groups is 2. The minimum absolute atomic E-state index is 0.0409. The van der Waals surface area contributed by atoms with Gasteiger partial charge in [0.1, 0.15) is 0 Å². The number of hydrogen-bond acceptors (Lipinski definition) is 2. The molecule has 20 heavy (non-hydrogen) atoms. The van der Waals surface area contributed by atoms with Crippen LogP contribution < -0.4 is 5.32 Å². The van der Waals surface area contributed by atoms with Gasteiger partial charge in [-0.25, -0.2) is 0 Å². The molecule has 4 heteroatoms. The molecule has 1 fully saturated rings. The molecular weight excluding hydrogens is 254 g/mol. The van der Waals surface area contributed by atoms with E-state index >= 15 is 0 Å². The molecule has 0 aromatic heterocycles. The number of carboxylic acid groups (broad SMARTS) is 1. The van der Waals surface area contributed by atoms with Crippen LogP contribution in [0.15, 0.2) is 12.2 Å². The van der Waals surface area contributed by atoms with E-state index in [1.807, 2.05) is 19.1 Å². The van der Waals surface area contributed by atoms with E-state index in [2.05, 4.69) is 19.2 Å². The Kier molecular flexibility index (Phi) is 4.51. The molecule has 0 aromatic rings. The number of nitrogens with one attached hydrogen (secondary N) is 1. The molecule has 0 spiro atoms. The van der Waals surface area contributed by atoms with Gasteiger partial charge in [-0.3, -0.25) is 9.59 Å². The van der Waals surface area contributed by atoms with Crippen LogP contribution in [-0.4, -0.2) is 23.0 Å². The van der Waals surface area contributed by atoms with E-state index in [-0.39, 0.29) is 29.7 Å². The molecule has 0 aliphatic heterocycles. The Hall–Kier alpha value is -1.32. The third-order valence-electron chi connectivity index (χ3n) is 4.61. The van der Waals surface area contributed by atoms with Crippen LogP contribution in [0.2, 0.25) is 0 Å². The van der Waals surface area contributed by atoms with Gasteiger partial charge in [-0.1, -0.05) is 26.0 Å². The first-order valence-electron chi connectivity index (χ1n) is 7.61. The average Bonchev–Trinajstić information content (AvgIpc) is 2.95. The second-order valence-corrected chi connectivity index (χ2v) is 6.72. The number of allylic oxidation sites excluding steroid dienone is 2. The maximum absolute atomic E-state index is 12.4. The zero-order valence-electron chi connectivity index (χ0n) is 12.5. The molecule has 2 rings (SSSR count). The smallest absolute Gasteiger partial charge is 0.307 e. The van der Waals surface area contributed by atoms with Crippen LogP contribution in [0.5, 0.6) is 0 Å². The number of aliphatic carboxylic acids is 1. The van der Waals surface area contributed by atoms with Crippen molar-refractivity contribution >= 4 is 11.9 Å². The summed E-state index contributed by atoms with van der Waals surface area (Å²) in [5, 5.41) is 12.4. The zero-order chi connectivity index (χ0) is 14.9. The fourth-order valence-corrected chi connectivity index (χ4v) is 3.51. The summed E-state index contributed by atoms with van der Waals surface area (Å²) in [7, 11) is 0. The lowest BCUT2D eigenvalue weighted by molar-refractivity contribution is -0.148. The summed E-state index contributed by atoms with van der Waals surface area (Å²) in [4.78, 5) is 23.8. The SMILES string of the molecule is CC(C)CCC(C)NC(=O)[C@H]1C2C=CC(C2)[C@H]1C(=O)O. The van der Waals surface area contributed by atoms with Gasteiger partial charge >= 0.3 is 5.97 Å². The third-order valence-corrected chi connectivity index (χ3v) is 4.61. The molecule has 2 N–H and O–H groups in total. The summed E-state index contributed by atoms with van der Waals surface area (Å²) in [6.07, 6.45) is 6.82. The summed E-state index contributed by atoms with van der Waals surface area (Å²) in [5.74, 6) is -1.07. The molecule has 1 saturated carbocycles. The summed E-state index contributed by atoms with van der Waals surface area (Å²) in [5.41, 5.74) is 0. The Bertz CT molecular complexity index is 416. The van der Waals surface area contributed by atoms with Crippen molar-refractivity contribution < 1.29 is 14.7 Å². The largest absolute Gasteiger partial charge is 0.481 e. The molecule has 0 aromatic carbocycles. The quantitative estimate of drug-likeness (QED) is 0.734. The molecule has 0 radical (unpaired) electrons. The number of carboxylic acids is 1. The first-order valence-corrected chi connectivity index (χ1v) is 7.61. The monoisotopic (exact) mass is 279 g/mol. The molecule has 2 aliphatic rings. The van der Waals surface area contributed by atoms with E-state index in [1.165, 1.54) is 0 Å². The lowest BCUT2D eigenvalue weighted by atomic mass is 9.82. The van der Waals surface area contributed by atoms with Gasteiger partial charge in [0.25, 0.3) is 0 Å². The number of amides is 1. The molecule has 1 amide bonds. The summed E-state index contributed by atoms with van der Waals surface area (Å²) >= 11 is 0. The highest BCUT2D eigenvalue weighted by Gasteiger charge is 2.51. The summed E-state index contributed by atoms with van der Waals surface area (Å²) in [6, 6.07) is 0.113. The number of carbonyl (C=O) groups excluding carboxylic acids is 1. The minimum Gasteiger partial charge on any atom is -0.481 e. The van der Waals surface area contributed by atoms with Crippen LogP contribution in [0.25, 0.3) is 0 Å². The van der Waals surface area contributed by atoms with E-state index < -0.39 is 11.9 Å². The maximum Gasteiger partial charge on any atom is 0.307 e. The first-order chi connectivity index (χ1) is 9.40. The Labute approximate surface area is 120 Å². The predicted octanol–water partition coefficient (Wildman–Crippen LogP) is 2.45. The number of fused-ring (bicyclic) bond motifs is 2. The average molecular weight is 279 g/mol. The van der Waals surface area contributed by atoms with Crippen molar-refractivity contribution in [3.8, 4) is 0 Å². The normalized spacial score (nSPS) is 32.6. The van der Waals surface area contributed by atoms with E-state index in [0.717, 1.165) is 19.3 Å². The van der Waals surface area contributed by atoms with Gasteiger partial charge in [0.05, 0.1) is 11.8 Å². The van der Waals surface area contributed by atoms with Crippen molar-refractivity contribution in [1.82, 2.24) is 5.32 Å². The molecule has 112 valence electrons. The third kappa shape index (κ3) is 3.05. The van der Waals surface area contributed by atoms with Gasteiger partial charge in [0, 0.05) is 6.04 Å². The van der Waals surface area contributed by atoms with Crippen LogP contribution in [0, 0.1) is 29.6 Å². The van der Waals surface area contributed by atoms with Crippen LogP contribution in [0.4, 0.5) is 0 Å². The second-order valence-electron chi connectivity index (χ2n) is 6.72. The van der Waals surface area contributed by atoms with E-state index in [4.69, 9.17) is 0 Å². The van der Waals surface area contributed by atoms with Crippen molar-refractivity contribution in [3.05, 3.63) is 12.2 Å². The van der Waals surface area contributed by atoms with Crippen molar-refractivity contribution in [3.63, 3.8) is 0 Å². The number of rotatable bonds is 6. The van der Waals surface area contributed by atoms with Gasteiger partial charge in [-0.05, 0) is 43.9 Å². The Morgan fingerprint density at radius 3 is 2.30 bits per heavy atom. The number of hydrogen-bond donors (Lipinski definition) is 2. The van der Waals surface area contributed by atoms with E-state index in [9.17, 15) is 14.7 Å². The van der Waals surface area contributed by atoms with Gasteiger partial charge in [-0.15, -0.1) is 0 Å². The highest BCUT2D eigenvalue weighted by molar-refractivity contribution is 5.87. The maximum atomic E-state index is 12.4. The summed E-state index contributed by atoms with van der Waals surface area (Å²) in [6.45, 7) is 6.32. The highest BCUT2D eigenvalue weighted by Crippen LogP contribution is 2.48. The molecule has 4 nitrogen and oxygen atoms in total. The molecule has 0 heterocycles. The van der Waals surface area contributed by atoms with Gasteiger partial charge < -0.3 is 10.4 Å². The Morgan fingerprint density at radius 2 is 1.75 bits per heavy atom. The molecule has 5 atom stereocenters. The van der Waals surface area contributed by atoms with Gasteiger partial charge in [-0.2, -0.15) is 0 Å². The fourth-order valence-electron chi connectivity index (χ4n) is 3.51. The fraction of sp³-hybridized carbons (Fsp3) is 0.750. The van der Waals surface area contributed by atoms with Crippen molar-refractivity contribution in [2.45, 2.75) is 46.1 Å². The van der Waals surface area contributed by atoms with E-state index in [0.29, 0.717) is 5.92 Å². The predicted molar refractivity (Wildman–Crippen MR) is 77.0 cm³/mol. The first kappa shape index (κ1) is 15.1. The van der Waals surface area contributed by atoms with Crippen LogP contribution in [0.3, 0.4) is 0 Å². The van der Waals surface area contributed by atoms with E-state index in [1.54, 1.807) is 0 Å². The van der Waals surface area contributed by atoms with Crippen LogP contribution in [-0.2, 0) is 9.59 Å². The molecule has 3 unspecified atom stereocenters. The van der Waals surface area contributed by atoms with Crippen molar-refractivity contribution in [2.24, 2.45) is 29.6 Å². The Morgan fingerprint density at radius 1 is 1.15 bits per heavy atom. The van der Waals surface area contributed by atoms with Crippen molar-refractivity contribution in [2.75, 3.05) is 0 Å². The highest BCUT2D eigenvalue weighted by atomic mass is 16.4. The topological polar surface area (TPSA) is 66.4 Å². The zero-order valence-corrected chi connectivity index (χ0v) is 12.5. The molecular formula is C16H25NO3. The van der Waals surface area contributed by atoms with Gasteiger partial charge in [0.2, 0.25) is 5.91 Å². The standard InChI is InChI=1S/C16H25NO3/c1-9(2)4-5-10(3)17-15(18)13-11-6-7-12(8-11)14(13)16(19)20/h6-7,9-14H,4-5,8H2,1-3H3,(H,17,18)(H,19,20)/t10?,11?,12?,13-,14+/m0/s1. The second kappa shape index (κ2) is 5.98. The van der Waals surface area contributed by atoms with Crippen LogP contribution >= 0.6 is 0 Å². The van der Waals surface area contributed by atoms with Crippen molar-refractivity contribution in [1.29, 1.82) is 0 Å². The molecule has 2 bridgehead atoms. The summed E-state index contributed by atoms with van der Waals surface area (Å²) < 4.78 is 0. The molecule has 2 aliphatic carbocycles.